The van der Waals surface area contributed by atoms with Gasteiger partial charge >= 0.3 is 0 Å². The third-order valence-corrected chi connectivity index (χ3v) is 4.26. The molecule has 114 valence electrons. The number of pyridine rings is 1. The Kier molecular flexibility index (Phi) is 3.94. The van der Waals surface area contributed by atoms with Crippen LogP contribution in [0, 0.1) is 13.8 Å². The van der Waals surface area contributed by atoms with Crippen LogP contribution in [0.25, 0.3) is 0 Å². The maximum atomic E-state index is 11.7. The minimum absolute atomic E-state index is 0.463. The van der Waals surface area contributed by atoms with Gasteiger partial charge < -0.3 is 15.2 Å². The number of carbonyl (C=O) groups is 1. The molecule has 22 heavy (non-hydrogen) atoms. The van der Waals surface area contributed by atoms with Crippen LogP contribution in [-0.2, 0) is 0 Å². The lowest BCUT2D eigenvalue weighted by Crippen LogP contribution is -2.16. The molecular weight excluding hydrogens is 300 g/mol. The molecule has 0 saturated heterocycles. The second kappa shape index (κ2) is 5.88. The number of rotatable bonds is 3. The Morgan fingerprint density at radius 3 is 2.64 bits per heavy atom. The summed E-state index contributed by atoms with van der Waals surface area (Å²) in [5.41, 5.74) is 7.64. The number of amides is 1. The zero-order chi connectivity index (χ0) is 15.7. The van der Waals surface area contributed by atoms with Gasteiger partial charge in [0.25, 0.3) is 5.91 Å². The summed E-state index contributed by atoms with van der Waals surface area (Å²) in [5.74, 6) is 0.977. The van der Waals surface area contributed by atoms with Gasteiger partial charge in [-0.1, -0.05) is 11.8 Å². The molecular formula is C16H16N2O3S. The maximum absolute atomic E-state index is 11.7. The van der Waals surface area contributed by atoms with Crippen LogP contribution in [0.5, 0.6) is 11.5 Å². The minimum Gasteiger partial charge on any atom is -0.486 e. The van der Waals surface area contributed by atoms with E-state index >= 15 is 0 Å². The first kappa shape index (κ1) is 14.7. The van der Waals surface area contributed by atoms with Crippen LogP contribution in [0.15, 0.2) is 34.2 Å². The highest BCUT2D eigenvalue weighted by molar-refractivity contribution is 7.99. The average Bonchev–Trinajstić information content (AvgIpc) is 2.46. The van der Waals surface area contributed by atoms with E-state index in [0.29, 0.717) is 29.6 Å². The molecule has 0 unspecified atom stereocenters. The van der Waals surface area contributed by atoms with Gasteiger partial charge in [0, 0.05) is 10.6 Å². The summed E-state index contributed by atoms with van der Waals surface area (Å²) in [7, 11) is 0. The molecule has 0 atom stereocenters. The van der Waals surface area contributed by atoms with Crippen molar-refractivity contribution in [3.8, 4) is 11.5 Å². The molecule has 0 saturated carbocycles. The number of nitrogens with two attached hydrogens (primary N) is 1. The predicted molar refractivity (Wildman–Crippen MR) is 83.8 cm³/mol. The van der Waals surface area contributed by atoms with E-state index in [1.54, 1.807) is 0 Å². The lowest BCUT2D eigenvalue weighted by Gasteiger charge is -2.19. The Morgan fingerprint density at radius 2 is 1.91 bits per heavy atom. The first-order chi connectivity index (χ1) is 10.5. The van der Waals surface area contributed by atoms with Crippen LogP contribution in [0.4, 0.5) is 0 Å². The SMILES string of the molecule is Cc1cc(C)c(C(N)=O)c(Sc2ccc3c(c2)OCCO3)n1. The third kappa shape index (κ3) is 2.87. The van der Waals surface area contributed by atoms with E-state index < -0.39 is 5.91 Å². The van der Waals surface area contributed by atoms with Gasteiger partial charge in [0.05, 0.1) is 5.56 Å². The van der Waals surface area contributed by atoms with Crippen LogP contribution >= 0.6 is 11.8 Å². The predicted octanol–water partition coefficient (Wildman–Crippen LogP) is 2.72. The number of hydrogen-bond acceptors (Lipinski definition) is 5. The standard InChI is InChI=1S/C16H16N2O3S/c1-9-7-10(2)18-16(14(9)15(17)19)22-11-3-4-12-13(8-11)21-6-5-20-12/h3-4,7-8H,5-6H2,1-2H3,(H2,17,19). The van der Waals surface area contributed by atoms with Gasteiger partial charge in [-0.2, -0.15) is 0 Å². The number of primary amides is 1. The number of ether oxygens (including phenoxy) is 2. The summed E-state index contributed by atoms with van der Waals surface area (Å²) in [5, 5.41) is 0.613. The normalized spacial score (nSPS) is 13.0. The monoisotopic (exact) mass is 316 g/mol. The Morgan fingerprint density at radius 1 is 1.18 bits per heavy atom. The molecule has 0 fully saturated rings. The molecule has 1 aromatic heterocycles. The summed E-state index contributed by atoms with van der Waals surface area (Å²) in [6.07, 6.45) is 0. The maximum Gasteiger partial charge on any atom is 0.251 e. The van der Waals surface area contributed by atoms with Crippen LogP contribution < -0.4 is 15.2 Å². The van der Waals surface area contributed by atoms with Gasteiger partial charge in [-0.15, -0.1) is 0 Å². The molecule has 0 bridgehead atoms. The van der Waals surface area contributed by atoms with Crippen molar-refractivity contribution < 1.29 is 14.3 Å². The van der Waals surface area contributed by atoms with Crippen LogP contribution in [0.2, 0.25) is 0 Å². The van der Waals surface area contributed by atoms with Crippen molar-refractivity contribution in [3.05, 3.63) is 41.1 Å². The molecule has 0 spiro atoms. The highest BCUT2D eigenvalue weighted by Crippen LogP contribution is 2.37. The van der Waals surface area contributed by atoms with Gasteiger partial charge in [0.2, 0.25) is 0 Å². The van der Waals surface area contributed by atoms with Gasteiger partial charge in [0.15, 0.2) is 11.5 Å². The van der Waals surface area contributed by atoms with Crippen molar-refractivity contribution in [2.75, 3.05) is 13.2 Å². The molecule has 2 N–H and O–H groups in total. The first-order valence-electron chi connectivity index (χ1n) is 6.90. The van der Waals surface area contributed by atoms with E-state index in [1.807, 2.05) is 38.1 Å². The molecule has 5 nitrogen and oxygen atoms in total. The lowest BCUT2D eigenvalue weighted by molar-refractivity contribution is 0.0996. The number of nitrogens with zero attached hydrogens (tertiary/aromatic N) is 1. The van der Waals surface area contributed by atoms with E-state index in [9.17, 15) is 4.79 Å². The quantitative estimate of drug-likeness (QED) is 0.942. The van der Waals surface area contributed by atoms with Gasteiger partial charge in [-0.25, -0.2) is 4.98 Å². The summed E-state index contributed by atoms with van der Waals surface area (Å²) < 4.78 is 11.1. The van der Waals surface area contributed by atoms with E-state index in [1.165, 1.54) is 11.8 Å². The fourth-order valence-electron chi connectivity index (χ4n) is 2.37. The van der Waals surface area contributed by atoms with E-state index in [-0.39, 0.29) is 0 Å². The molecule has 2 aromatic rings. The smallest absolute Gasteiger partial charge is 0.251 e. The number of carbonyl (C=O) groups excluding carboxylic acids is 1. The fraction of sp³-hybridized carbons (Fsp3) is 0.250. The van der Waals surface area contributed by atoms with Crippen LogP contribution in [-0.4, -0.2) is 24.1 Å². The van der Waals surface area contributed by atoms with E-state index in [4.69, 9.17) is 15.2 Å². The zero-order valence-corrected chi connectivity index (χ0v) is 13.2. The molecule has 1 aliphatic rings. The van der Waals surface area contributed by atoms with Crippen LogP contribution in [0.1, 0.15) is 21.6 Å². The Bertz CT molecular complexity index is 746. The van der Waals surface area contributed by atoms with Gasteiger partial charge in [-0.3, -0.25) is 4.79 Å². The highest BCUT2D eigenvalue weighted by Gasteiger charge is 2.17. The number of fused-ring (bicyclic) bond motifs is 1. The Hall–Kier alpha value is -2.21. The van der Waals surface area contributed by atoms with Gasteiger partial charge in [0.1, 0.15) is 18.2 Å². The average molecular weight is 316 g/mol. The third-order valence-electron chi connectivity index (χ3n) is 3.29. The first-order valence-corrected chi connectivity index (χ1v) is 7.72. The molecule has 1 amide bonds. The molecule has 6 heteroatoms. The molecule has 1 aliphatic heterocycles. The van der Waals surface area contributed by atoms with Gasteiger partial charge in [-0.05, 0) is 43.7 Å². The second-order valence-corrected chi connectivity index (χ2v) is 6.09. The minimum atomic E-state index is -0.468. The summed E-state index contributed by atoms with van der Waals surface area (Å²) >= 11 is 1.40. The van der Waals surface area contributed by atoms with E-state index in [2.05, 4.69) is 4.98 Å². The summed E-state index contributed by atoms with van der Waals surface area (Å²) in [6, 6.07) is 7.53. The van der Waals surface area contributed by atoms with Crippen molar-refractivity contribution in [1.82, 2.24) is 4.98 Å². The number of aryl methyl sites for hydroxylation is 2. The topological polar surface area (TPSA) is 74.4 Å². The molecule has 0 radical (unpaired) electrons. The van der Waals surface area contributed by atoms with Crippen molar-refractivity contribution in [2.24, 2.45) is 5.73 Å². The summed E-state index contributed by atoms with van der Waals surface area (Å²) in [4.78, 5) is 17.1. The number of hydrogen-bond donors (Lipinski definition) is 1. The fourth-order valence-corrected chi connectivity index (χ4v) is 3.45. The summed E-state index contributed by atoms with van der Waals surface area (Å²) in [6.45, 7) is 4.85. The Balaban J connectivity index is 1.98. The molecule has 1 aromatic carbocycles. The molecule has 0 aliphatic carbocycles. The zero-order valence-electron chi connectivity index (χ0n) is 12.4. The van der Waals surface area contributed by atoms with Crippen molar-refractivity contribution in [2.45, 2.75) is 23.8 Å². The molecule has 2 heterocycles. The number of benzene rings is 1. The highest BCUT2D eigenvalue weighted by atomic mass is 32.2. The molecule has 3 rings (SSSR count). The number of aromatic nitrogens is 1. The van der Waals surface area contributed by atoms with Crippen LogP contribution in [0.3, 0.4) is 0 Å². The Labute approximate surface area is 132 Å². The van der Waals surface area contributed by atoms with Crippen molar-refractivity contribution in [1.29, 1.82) is 0 Å². The second-order valence-electron chi connectivity index (χ2n) is 5.03. The van der Waals surface area contributed by atoms with Crippen molar-refractivity contribution in [3.63, 3.8) is 0 Å². The van der Waals surface area contributed by atoms with E-state index in [0.717, 1.165) is 21.9 Å². The lowest BCUT2D eigenvalue weighted by atomic mass is 10.1. The largest absolute Gasteiger partial charge is 0.486 e. The van der Waals surface area contributed by atoms with Crippen molar-refractivity contribution >= 4 is 17.7 Å².